The smallest absolute Gasteiger partial charge is 0.412 e. The van der Waals surface area contributed by atoms with Gasteiger partial charge in [-0.15, -0.1) is 0 Å². The van der Waals surface area contributed by atoms with Gasteiger partial charge < -0.3 is 33.5 Å². The summed E-state index contributed by atoms with van der Waals surface area (Å²) < 4.78 is 36.8. The molecule has 254 valence electrons. The Kier molecular flexibility index (Phi) is 14.4. The maximum atomic E-state index is 13.2. The molecule has 3 saturated heterocycles. The van der Waals surface area contributed by atoms with Crippen LogP contribution in [0.3, 0.4) is 0 Å². The first-order chi connectivity index (χ1) is 21.7. The van der Waals surface area contributed by atoms with Crippen LogP contribution >= 0.6 is 0 Å². The number of carboxylic acid groups (broad SMARTS) is 1. The number of nitrogens with zero attached hydrogens (tertiary/aromatic N) is 1. The Morgan fingerprint density at radius 1 is 0.978 bits per heavy atom. The van der Waals surface area contributed by atoms with Crippen LogP contribution in [0.1, 0.15) is 90.5 Å². The number of amides is 1. The van der Waals surface area contributed by atoms with E-state index >= 15 is 0 Å². The van der Waals surface area contributed by atoms with E-state index < -0.39 is 48.6 Å². The molecule has 1 aromatic carbocycles. The van der Waals surface area contributed by atoms with E-state index in [1.807, 2.05) is 13.8 Å². The Morgan fingerprint density at radius 2 is 1.62 bits per heavy atom. The fourth-order valence-electron chi connectivity index (χ4n) is 6.21. The highest BCUT2D eigenvalue weighted by Crippen LogP contribution is 2.40. The molecule has 3 heterocycles. The first-order valence-electron chi connectivity index (χ1n) is 17.0. The minimum atomic E-state index is -0.913. The van der Waals surface area contributed by atoms with Crippen LogP contribution in [0, 0.1) is 0 Å². The Hall–Kier alpha value is -2.28. The van der Waals surface area contributed by atoms with Crippen molar-refractivity contribution in [1.82, 2.24) is 4.90 Å². The van der Waals surface area contributed by atoms with Gasteiger partial charge in [0.25, 0.3) is 0 Å². The highest BCUT2D eigenvalue weighted by molar-refractivity contribution is 5.84. The van der Waals surface area contributed by atoms with Gasteiger partial charge in [-0.2, -0.15) is 0 Å². The third kappa shape index (κ3) is 11.8. The Bertz CT molecular complexity index is 1030. The fourth-order valence-corrected chi connectivity index (χ4v) is 6.21. The molecule has 3 fully saturated rings. The van der Waals surface area contributed by atoms with E-state index in [4.69, 9.17) is 33.5 Å². The Morgan fingerprint density at radius 3 is 2.27 bits per heavy atom. The van der Waals surface area contributed by atoms with Gasteiger partial charge in [-0.05, 0) is 38.0 Å². The highest BCUT2D eigenvalue weighted by atomic mass is 16.8. The molecule has 0 aromatic heterocycles. The van der Waals surface area contributed by atoms with Crippen LogP contribution in [-0.2, 0) is 39.6 Å². The maximum absolute atomic E-state index is 13.2. The van der Waals surface area contributed by atoms with Gasteiger partial charge in [0.05, 0.1) is 19.6 Å². The minimum absolute atomic E-state index is 0.0881. The Balaban J connectivity index is 1.35. The number of nitrogens with one attached hydrogen (secondary N) is 1. The van der Waals surface area contributed by atoms with Gasteiger partial charge in [-0.1, -0.05) is 76.8 Å². The third-order valence-electron chi connectivity index (χ3n) is 8.56. The van der Waals surface area contributed by atoms with Crippen molar-refractivity contribution in [3.63, 3.8) is 0 Å². The quantitative estimate of drug-likeness (QED) is 0.182. The van der Waals surface area contributed by atoms with Gasteiger partial charge in [0.1, 0.15) is 24.4 Å². The lowest BCUT2D eigenvalue weighted by Crippen LogP contribution is -2.51. The summed E-state index contributed by atoms with van der Waals surface area (Å²) in [6, 6.07) is 6.67. The number of ether oxygens (including phenoxy) is 6. The number of hydrogen-bond acceptors (Lipinski definition) is 9. The van der Waals surface area contributed by atoms with E-state index in [1.54, 1.807) is 24.3 Å². The average molecular weight is 635 g/mol. The second kappa shape index (κ2) is 18.2. The zero-order chi connectivity index (χ0) is 32.1. The SMILES string of the molecule is CCCCCCCCCCCCO[C@@H]1[C@H]2OC(C)(C)O[C@H]2O[C@@H]1[C@@H](CN1CCOCC1)OC(=O)Nc1ccc(CC(=O)O)cc1. The molecule has 0 saturated carbocycles. The number of carbonyl (C=O) groups excluding carboxylic acids is 1. The number of morpholine rings is 1. The first-order valence-corrected chi connectivity index (χ1v) is 17.0. The third-order valence-corrected chi connectivity index (χ3v) is 8.56. The lowest BCUT2D eigenvalue weighted by molar-refractivity contribution is -0.230. The number of benzene rings is 1. The molecule has 2 N–H and O–H groups in total. The number of carboxylic acids is 1. The summed E-state index contributed by atoms with van der Waals surface area (Å²) in [5.41, 5.74) is 1.15. The van der Waals surface area contributed by atoms with Crippen molar-refractivity contribution >= 4 is 17.7 Å². The molecule has 1 aromatic rings. The van der Waals surface area contributed by atoms with Crippen LogP contribution in [0.2, 0.25) is 0 Å². The summed E-state index contributed by atoms with van der Waals surface area (Å²) in [6.07, 6.45) is 8.91. The normalized spacial score (nSPS) is 25.1. The minimum Gasteiger partial charge on any atom is -0.481 e. The molecule has 3 aliphatic heterocycles. The molecule has 5 atom stereocenters. The summed E-state index contributed by atoms with van der Waals surface area (Å²) in [5, 5.41) is 11.8. The van der Waals surface area contributed by atoms with Crippen molar-refractivity contribution in [3.05, 3.63) is 29.8 Å². The van der Waals surface area contributed by atoms with Gasteiger partial charge in [0, 0.05) is 31.9 Å². The van der Waals surface area contributed by atoms with E-state index in [2.05, 4.69) is 17.1 Å². The zero-order valence-electron chi connectivity index (χ0n) is 27.4. The van der Waals surface area contributed by atoms with E-state index in [-0.39, 0.29) is 6.42 Å². The van der Waals surface area contributed by atoms with Crippen LogP contribution in [0.25, 0.3) is 0 Å². The highest BCUT2D eigenvalue weighted by Gasteiger charge is 2.58. The molecule has 11 nitrogen and oxygen atoms in total. The van der Waals surface area contributed by atoms with E-state index in [0.717, 1.165) is 25.9 Å². The predicted molar refractivity (Wildman–Crippen MR) is 169 cm³/mol. The molecule has 1 amide bonds. The van der Waals surface area contributed by atoms with E-state index in [1.165, 1.54) is 51.4 Å². The van der Waals surface area contributed by atoms with Crippen LogP contribution in [0.15, 0.2) is 24.3 Å². The molecule has 11 heteroatoms. The number of aliphatic carboxylic acids is 1. The largest absolute Gasteiger partial charge is 0.481 e. The van der Waals surface area contributed by atoms with E-state index in [0.29, 0.717) is 37.6 Å². The molecule has 0 aliphatic carbocycles. The summed E-state index contributed by atoms with van der Waals surface area (Å²) >= 11 is 0. The fraction of sp³-hybridized carbons (Fsp3) is 0.765. The van der Waals surface area contributed by atoms with Gasteiger partial charge in [-0.25, -0.2) is 4.79 Å². The lowest BCUT2D eigenvalue weighted by atomic mass is 10.0. The number of anilines is 1. The molecule has 3 aliphatic rings. The molecule has 4 rings (SSSR count). The Labute approximate surface area is 268 Å². The number of carbonyl (C=O) groups is 2. The van der Waals surface area contributed by atoms with Gasteiger partial charge in [-0.3, -0.25) is 15.0 Å². The summed E-state index contributed by atoms with van der Waals surface area (Å²) in [4.78, 5) is 26.4. The molecule has 0 unspecified atom stereocenters. The van der Waals surface area contributed by atoms with Crippen molar-refractivity contribution in [2.45, 2.75) is 128 Å². The second-order valence-corrected chi connectivity index (χ2v) is 12.8. The molecular formula is C34H54N2O9. The van der Waals surface area contributed by atoms with Crippen molar-refractivity contribution in [2.75, 3.05) is 44.8 Å². The predicted octanol–water partition coefficient (Wildman–Crippen LogP) is 5.75. The number of hydrogen-bond donors (Lipinski definition) is 2. The van der Waals surface area contributed by atoms with Crippen molar-refractivity contribution in [2.24, 2.45) is 0 Å². The second-order valence-electron chi connectivity index (χ2n) is 12.8. The molecule has 0 radical (unpaired) electrons. The first kappa shape index (κ1) is 35.6. The van der Waals surface area contributed by atoms with E-state index in [9.17, 15) is 9.59 Å². The summed E-state index contributed by atoms with van der Waals surface area (Å²) in [5.74, 6) is -1.72. The zero-order valence-corrected chi connectivity index (χ0v) is 27.4. The molecular weight excluding hydrogens is 580 g/mol. The number of fused-ring (bicyclic) bond motifs is 1. The lowest BCUT2D eigenvalue weighted by Gasteiger charge is -2.35. The number of rotatable bonds is 19. The standard InChI is InChI=1S/C34H54N2O9/c1-4-5-6-7-8-9-10-11-12-13-20-41-30-29(43-32-31(30)44-34(2,3)45-32)27(24-36-18-21-40-22-19-36)42-33(39)35-26-16-14-25(15-17-26)23-28(37)38/h14-17,27,29-32H,4-13,18-24H2,1-3H3,(H,35,39)(H,37,38)/t27-,29-,30+,31-,32-/m1/s1. The van der Waals surface area contributed by atoms with Gasteiger partial charge in [0.2, 0.25) is 0 Å². The van der Waals surface area contributed by atoms with Crippen LogP contribution in [0.5, 0.6) is 0 Å². The molecule has 0 bridgehead atoms. The van der Waals surface area contributed by atoms with Crippen LogP contribution in [-0.4, -0.2) is 98.0 Å². The van der Waals surface area contributed by atoms with Crippen molar-refractivity contribution < 1.29 is 43.1 Å². The topological polar surface area (TPSA) is 125 Å². The van der Waals surface area contributed by atoms with Crippen molar-refractivity contribution in [3.8, 4) is 0 Å². The summed E-state index contributed by atoms with van der Waals surface area (Å²) in [6.45, 7) is 9.63. The van der Waals surface area contributed by atoms with Gasteiger partial charge in [0.15, 0.2) is 12.1 Å². The van der Waals surface area contributed by atoms with Crippen LogP contribution < -0.4 is 5.32 Å². The van der Waals surface area contributed by atoms with Crippen molar-refractivity contribution in [1.29, 1.82) is 0 Å². The summed E-state index contributed by atoms with van der Waals surface area (Å²) in [7, 11) is 0. The monoisotopic (exact) mass is 634 g/mol. The average Bonchev–Trinajstić information content (AvgIpc) is 3.48. The van der Waals surface area contributed by atoms with Crippen LogP contribution in [0.4, 0.5) is 10.5 Å². The maximum Gasteiger partial charge on any atom is 0.412 e. The molecule has 45 heavy (non-hydrogen) atoms. The van der Waals surface area contributed by atoms with Gasteiger partial charge >= 0.3 is 12.1 Å². The molecule has 0 spiro atoms. The number of unbranched alkanes of at least 4 members (excludes halogenated alkanes) is 9.